The van der Waals surface area contributed by atoms with E-state index in [1.165, 1.54) is 0 Å². The lowest BCUT2D eigenvalue weighted by Gasteiger charge is -2.35. The molecule has 5 nitrogen and oxygen atoms in total. The Morgan fingerprint density at radius 2 is 1.96 bits per heavy atom. The topological polar surface area (TPSA) is 52.7 Å². The molecule has 1 unspecified atom stereocenters. The molecule has 1 saturated heterocycles. The first-order chi connectivity index (χ1) is 10.8. The van der Waals surface area contributed by atoms with Crippen molar-refractivity contribution < 1.29 is 9.59 Å². The third-order valence-corrected chi connectivity index (χ3v) is 4.13. The van der Waals surface area contributed by atoms with E-state index in [0.29, 0.717) is 26.1 Å². The van der Waals surface area contributed by atoms with Crippen molar-refractivity contribution in [2.75, 3.05) is 13.1 Å². The third kappa shape index (κ3) is 4.47. The quantitative estimate of drug-likeness (QED) is 0.928. The van der Waals surface area contributed by atoms with Crippen LogP contribution in [0.3, 0.4) is 0 Å². The van der Waals surface area contributed by atoms with Crippen LogP contribution in [0.4, 0.5) is 4.79 Å². The molecule has 0 aromatic heterocycles. The van der Waals surface area contributed by atoms with Crippen LogP contribution in [-0.4, -0.2) is 46.4 Å². The van der Waals surface area contributed by atoms with Gasteiger partial charge in [0.05, 0.1) is 6.04 Å². The van der Waals surface area contributed by atoms with Crippen LogP contribution in [0.15, 0.2) is 30.3 Å². The Morgan fingerprint density at radius 3 is 2.52 bits per heavy atom. The summed E-state index contributed by atoms with van der Waals surface area (Å²) < 4.78 is 0. The van der Waals surface area contributed by atoms with Crippen molar-refractivity contribution in [2.45, 2.75) is 52.2 Å². The molecule has 1 fully saturated rings. The Bertz CT molecular complexity index is 551. The molecule has 3 amide bonds. The van der Waals surface area contributed by atoms with Crippen LogP contribution >= 0.6 is 0 Å². The molecule has 1 aliphatic heterocycles. The van der Waals surface area contributed by atoms with E-state index < -0.39 is 0 Å². The number of benzene rings is 1. The Labute approximate surface area is 138 Å². The molecule has 1 aromatic rings. The van der Waals surface area contributed by atoms with Crippen molar-refractivity contribution in [3.05, 3.63) is 35.9 Å². The molecule has 2 rings (SSSR count). The van der Waals surface area contributed by atoms with Crippen molar-refractivity contribution in [2.24, 2.45) is 0 Å². The molecule has 5 heteroatoms. The van der Waals surface area contributed by atoms with Gasteiger partial charge in [-0.2, -0.15) is 0 Å². The number of nitrogens with zero attached hydrogens (tertiary/aromatic N) is 2. The molecule has 1 aliphatic rings. The summed E-state index contributed by atoms with van der Waals surface area (Å²) >= 11 is 0. The van der Waals surface area contributed by atoms with Crippen LogP contribution in [0.25, 0.3) is 0 Å². The van der Waals surface area contributed by atoms with Gasteiger partial charge in [-0.1, -0.05) is 30.3 Å². The first-order valence-electron chi connectivity index (χ1n) is 8.21. The van der Waals surface area contributed by atoms with Gasteiger partial charge in [0.2, 0.25) is 5.91 Å². The second kappa shape index (κ2) is 7.02. The molecule has 0 radical (unpaired) electrons. The van der Waals surface area contributed by atoms with E-state index in [2.05, 4.69) is 5.32 Å². The first kappa shape index (κ1) is 17.3. The fourth-order valence-corrected chi connectivity index (χ4v) is 3.00. The molecule has 1 atom stereocenters. The van der Waals surface area contributed by atoms with Crippen LogP contribution < -0.4 is 5.32 Å². The van der Waals surface area contributed by atoms with Crippen molar-refractivity contribution in [3.63, 3.8) is 0 Å². The SMILES string of the molecule is CCN(C(=O)NC1CC(=O)N(Cc2ccccc2)C1)C(C)(C)C. The number of carbonyl (C=O) groups is 2. The van der Waals surface area contributed by atoms with Crippen LogP contribution in [0.2, 0.25) is 0 Å². The van der Waals surface area contributed by atoms with Crippen molar-refractivity contribution >= 4 is 11.9 Å². The van der Waals surface area contributed by atoms with E-state index in [4.69, 9.17) is 0 Å². The lowest BCUT2D eigenvalue weighted by atomic mass is 10.1. The minimum absolute atomic E-state index is 0.0953. The molecule has 0 aliphatic carbocycles. The number of nitrogens with one attached hydrogen (secondary N) is 1. The highest BCUT2D eigenvalue weighted by atomic mass is 16.2. The predicted octanol–water partition coefficient (Wildman–Crippen LogP) is 2.62. The summed E-state index contributed by atoms with van der Waals surface area (Å²) in [5.41, 5.74) is 0.878. The summed E-state index contributed by atoms with van der Waals surface area (Å²) in [5, 5.41) is 3.01. The first-order valence-corrected chi connectivity index (χ1v) is 8.21. The lowest BCUT2D eigenvalue weighted by Crippen LogP contribution is -2.53. The highest BCUT2D eigenvalue weighted by molar-refractivity contribution is 5.82. The van der Waals surface area contributed by atoms with E-state index >= 15 is 0 Å². The van der Waals surface area contributed by atoms with E-state index in [1.807, 2.05) is 62.9 Å². The van der Waals surface area contributed by atoms with Gasteiger partial charge in [0.15, 0.2) is 0 Å². The zero-order valence-electron chi connectivity index (χ0n) is 14.5. The summed E-state index contributed by atoms with van der Waals surface area (Å²) in [7, 11) is 0. The average Bonchev–Trinajstić information content (AvgIpc) is 2.78. The van der Waals surface area contributed by atoms with Gasteiger partial charge >= 0.3 is 6.03 Å². The van der Waals surface area contributed by atoms with Gasteiger partial charge in [0, 0.05) is 31.6 Å². The summed E-state index contributed by atoms with van der Waals surface area (Å²) in [6.07, 6.45) is 0.375. The van der Waals surface area contributed by atoms with E-state index in [9.17, 15) is 9.59 Å². The minimum Gasteiger partial charge on any atom is -0.336 e. The number of urea groups is 1. The zero-order valence-corrected chi connectivity index (χ0v) is 14.5. The molecule has 1 heterocycles. The van der Waals surface area contributed by atoms with Gasteiger partial charge in [-0.05, 0) is 33.3 Å². The Balaban J connectivity index is 1.93. The Kier molecular flexibility index (Phi) is 5.29. The van der Waals surface area contributed by atoms with Gasteiger partial charge in [-0.25, -0.2) is 4.79 Å². The second-order valence-electron chi connectivity index (χ2n) is 7.03. The van der Waals surface area contributed by atoms with Crippen LogP contribution in [0.5, 0.6) is 0 Å². The molecule has 0 saturated carbocycles. The zero-order chi connectivity index (χ0) is 17.0. The van der Waals surface area contributed by atoms with E-state index in [1.54, 1.807) is 4.90 Å². The lowest BCUT2D eigenvalue weighted by molar-refractivity contribution is -0.128. The van der Waals surface area contributed by atoms with Crippen molar-refractivity contribution in [1.82, 2.24) is 15.1 Å². The largest absolute Gasteiger partial charge is 0.336 e. The summed E-state index contributed by atoms with van der Waals surface area (Å²) in [6.45, 7) is 9.81. The van der Waals surface area contributed by atoms with Crippen LogP contribution in [0, 0.1) is 0 Å². The number of amides is 3. The summed E-state index contributed by atoms with van der Waals surface area (Å²) in [6, 6.07) is 9.71. The van der Waals surface area contributed by atoms with Gasteiger partial charge in [0.25, 0.3) is 0 Å². The molecule has 1 aromatic carbocycles. The molecular weight excluding hydrogens is 290 g/mol. The van der Waals surface area contributed by atoms with Crippen molar-refractivity contribution in [3.8, 4) is 0 Å². The van der Waals surface area contributed by atoms with Crippen LogP contribution in [-0.2, 0) is 11.3 Å². The van der Waals surface area contributed by atoms with E-state index in [-0.39, 0.29) is 23.5 Å². The number of rotatable bonds is 4. The Morgan fingerprint density at radius 1 is 1.30 bits per heavy atom. The normalized spacial score (nSPS) is 18.2. The number of carbonyl (C=O) groups excluding carboxylic acids is 2. The standard InChI is InChI=1S/C18H27N3O2/c1-5-21(18(2,3)4)17(23)19-15-11-16(22)20(13-15)12-14-9-7-6-8-10-14/h6-10,15H,5,11-13H2,1-4H3,(H,19,23). The van der Waals surface area contributed by atoms with Crippen LogP contribution in [0.1, 0.15) is 39.7 Å². The molecule has 0 spiro atoms. The molecule has 1 N–H and O–H groups in total. The smallest absolute Gasteiger partial charge is 0.318 e. The fraction of sp³-hybridized carbons (Fsp3) is 0.556. The fourth-order valence-electron chi connectivity index (χ4n) is 3.00. The number of likely N-dealkylation sites (tertiary alicyclic amines) is 1. The van der Waals surface area contributed by atoms with Gasteiger partial charge in [-0.3, -0.25) is 4.79 Å². The number of hydrogen-bond acceptors (Lipinski definition) is 2. The second-order valence-corrected chi connectivity index (χ2v) is 7.03. The average molecular weight is 317 g/mol. The third-order valence-electron chi connectivity index (χ3n) is 4.13. The minimum atomic E-state index is -0.231. The maximum absolute atomic E-state index is 12.4. The maximum Gasteiger partial charge on any atom is 0.318 e. The molecule has 23 heavy (non-hydrogen) atoms. The predicted molar refractivity (Wildman–Crippen MR) is 90.9 cm³/mol. The van der Waals surface area contributed by atoms with Gasteiger partial charge in [-0.15, -0.1) is 0 Å². The maximum atomic E-state index is 12.4. The molecule has 0 bridgehead atoms. The summed E-state index contributed by atoms with van der Waals surface area (Å²) in [4.78, 5) is 28.2. The van der Waals surface area contributed by atoms with Gasteiger partial charge < -0.3 is 15.1 Å². The van der Waals surface area contributed by atoms with Gasteiger partial charge in [0.1, 0.15) is 0 Å². The monoisotopic (exact) mass is 317 g/mol. The number of hydrogen-bond donors (Lipinski definition) is 1. The van der Waals surface area contributed by atoms with E-state index in [0.717, 1.165) is 5.56 Å². The molecular formula is C18H27N3O2. The highest BCUT2D eigenvalue weighted by Gasteiger charge is 2.33. The Hall–Kier alpha value is -2.04. The summed E-state index contributed by atoms with van der Waals surface area (Å²) in [5.74, 6) is 0.0953. The van der Waals surface area contributed by atoms with Crippen molar-refractivity contribution in [1.29, 1.82) is 0 Å². The highest BCUT2D eigenvalue weighted by Crippen LogP contribution is 2.17. The molecule has 126 valence electrons.